The van der Waals surface area contributed by atoms with Gasteiger partial charge in [-0.05, 0) is 19.9 Å². The van der Waals surface area contributed by atoms with E-state index in [0.29, 0.717) is 23.3 Å². The van der Waals surface area contributed by atoms with Gasteiger partial charge in [-0.1, -0.05) is 0 Å². The van der Waals surface area contributed by atoms with Gasteiger partial charge in [0.25, 0.3) is 0 Å². The van der Waals surface area contributed by atoms with Gasteiger partial charge in [0.15, 0.2) is 5.82 Å². The summed E-state index contributed by atoms with van der Waals surface area (Å²) < 4.78 is 6.74. The summed E-state index contributed by atoms with van der Waals surface area (Å²) in [5.74, 6) is 2.90. The molecule has 0 fully saturated rings. The molecule has 0 amide bonds. The van der Waals surface area contributed by atoms with E-state index >= 15 is 0 Å². The molecular formula is C15H17N7O. The lowest BCUT2D eigenvalue weighted by atomic mass is 10.4. The zero-order chi connectivity index (χ0) is 16.4. The van der Waals surface area contributed by atoms with Crippen LogP contribution < -0.4 is 15.8 Å². The van der Waals surface area contributed by atoms with Crippen LogP contribution in [0.15, 0.2) is 30.5 Å². The number of nitrogens with zero attached hydrogens (tertiary/aromatic N) is 5. The molecule has 0 saturated carbocycles. The number of nitrogens with one attached hydrogen (secondary N) is 1. The number of anilines is 3. The smallest absolute Gasteiger partial charge is 0.213 e. The van der Waals surface area contributed by atoms with Gasteiger partial charge >= 0.3 is 0 Å². The number of pyridine rings is 1. The van der Waals surface area contributed by atoms with E-state index in [2.05, 4.69) is 25.4 Å². The largest absolute Gasteiger partial charge is 0.481 e. The van der Waals surface area contributed by atoms with Gasteiger partial charge in [0.05, 0.1) is 24.7 Å². The van der Waals surface area contributed by atoms with E-state index in [1.165, 1.54) is 0 Å². The number of methoxy groups -OCH3 is 1. The molecule has 118 valence electrons. The van der Waals surface area contributed by atoms with Gasteiger partial charge < -0.3 is 15.8 Å². The van der Waals surface area contributed by atoms with Crippen molar-refractivity contribution in [1.82, 2.24) is 24.7 Å². The molecule has 3 rings (SSSR count). The van der Waals surface area contributed by atoms with Crippen LogP contribution in [0.25, 0.3) is 5.82 Å². The van der Waals surface area contributed by atoms with Gasteiger partial charge in [-0.3, -0.25) is 0 Å². The second-order valence-electron chi connectivity index (χ2n) is 5.00. The third-order valence-electron chi connectivity index (χ3n) is 3.11. The van der Waals surface area contributed by atoms with Gasteiger partial charge in [-0.15, -0.1) is 0 Å². The molecule has 0 aliphatic carbocycles. The number of nitrogen functional groups attached to an aromatic ring is 1. The summed E-state index contributed by atoms with van der Waals surface area (Å²) in [7, 11) is 1.58. The third-order valence-corrected chi connectivity index (χ3v) is 3.11. The van der Waals surface area contributed by atoms with Crippen molar-refractivity contribution in [2.24, 2.45) is 0 Å². The van der Waals surface area contributed by atoms with Crippen LogP contribution in [0.3, 0.4) is 0 Å². The number of aromatic nitrogens is 5. The Balaban J connectivity index is 1.96. The number of aryl methyl sites for hydroxylation is 2. The minimum atomic E-state index is 0.401. The molecule has 3 N–H and O–H groups in total. The lowest BCUT2D eigenvalue weighted by Crippen LogP contribution is -2.07. The summed E-state index contributed by atoms with van der Waals surface area (Å²) in [5, 5.41) is 7.72. The molecule has 3 aromatic rings. The summed E-state index contributed by atoms with van der Waals surface area (Å²) in [6.07, 6.45) is 1.69. The summed E-state index contributed by atoms with van der Waals surface area (Å²) >= 11 is 0. The first-order chi connectivity index (χ1) is 11.0. The second-order valence-corrected chi connectivity index (χ2v) is 5.00. The highest BCUT2D eigenvalue weighted by molar-refractivity contribution is 5.58. The molecule has 8 heteroatoms. The Hall–Kier alpha value is -3.16. The number of hydrogen-bond donors (Lipinski definition) is 2. The lowest BCUT2D eigenvalue weighted by Gasteiger charge is -2.10. The van der Waals surface area contributed by atoms with Gasteiger partial charge in [0.1, 0.15) is 17.5 Å². The Morgan fingerprint density at radius 1 is 1.17 bits per heavy atom. The fraction of sp³-hybridized carbons (Fsp3) is 0.200. The van der Waals surface area contributed by atoms with Gasteiger partial charge in [-0.2, -0.15) is 9.78 Å². The van der Waals surface area contributed by atoms with Gasteiger partial charge in [0, 0.05) is 18.2 Å². The van der Waals surface area contributed by atoms with Gasteiger partial charge in [-0.25, -0.2) is 15.0 Å². The zero-order valence-corrected chi connectivity index (χ0v) is 13.1. The normalized spacial score (nSPS) is 10.6. The summed E-state index contributed by atoms with van der Waals surface area (Å²) in [6, 6.07) is 7.25. The molecule has 3 aromatic heterocycles. The average Bonchev–Trinajstić information content (AvgIpc) is 2.88. The zero-order valence-electron chi connectivity index (χ0n) is 13.1. The number of hydrogen-bond acceptors (Lipinski definition) is 7. The van der Waals surface area contributed by atoms with E-state index in [1.54, 1.807) is 37.0 Å². The van der Waals surface area contributed by atoms with Crippen LogP contribution in [0.1, 0.15) is 11.5 Å². The predicted molar refractivity (Wildman–Crippen MR) is 87.1 cm³/mol. The highest BCUT2D eigenvalue weighted by atomic mass is 16.5. The molecule has 0 aromatic carbocycles. The molecule has 23 heavy (non-hydrogen) atoms. The van der Waals surface area contributed by atoms with Crippen molar-refractivity contribution < 1.29 is 4.74 Å². The van der Waals surface area contributed by atoms with Crippen LogP contribution in [0.2, 0.25) is 0 Å². The topological polar surface area (TPSA) is 104 Å². The van der Waals surface area contributed by atoms with E-state index < -0.39 is 0 Å². The first kappa shape index (κ1) is 14.8. The van der Waals surface area contributed by atoms with Crippen LogP contribution in [-0.2, 0) is 0 Å². The Morgan fingerprint density at radius 2 is 2.00 bits per heavy atom. The van der Waals surface area contributed by atoms with Crippen molar-refractivity contribution in [3.8, 4) is 11.7 Å². The first-order valence-electron chi connectivity index (χ1n) is 7.00. The standard InChI is InChI=1S/C15H17N7O/c1-9-6-13(20-11-4-5-15(23-3)17-8-11)22(21-9)14-7-12(16)18-10(2)19-14/h4-8,20H,1-3H3,(H2,16,18,19). The third kappa shape index (κ3) is 3.20. The number of nitrogens with two attached hydrogens (primary N) is 1. The fourth-order valence-corrected chi connectivity index (χ4v) is 2.17. The van der Waals surface area contributed by atoms with Crippen molar-refractivity contribution in [3.05, 3.63) is 42.0 Å². The highest BCUT2D eigenvalue weighted by Gasteiger charge is 2.11. The molecule has 0 spiro atoms. The van der Waals surface area contributed by atoms with Crippen molar-refractivity contribution in [2.45, 2.75) is 13.8 Å². The van der Waals surface area contributed by atoms with Gasteiger partial charge in [0.2, 0.25) is 5.88 Å². The maximum Gasteiger partial charge on any atom is 0.213 e. The number of rotatable bonds is 4. The Morgan fingerprint density at radius 3 is 2.65 bits per heavy atom. The lowest BCUT2D eigenvalue weighted by molar-refractivity contribution is 0.398. The van der Waals surface area contributed by atoms with Crippen LogP contribution in [-0.4, -0.2) is 31.8 Å². The predicted octanol–water partition coefficient (Wildman–Crippen LogP) is 2.01. The maximum atomic E-state index is 5.80. The molecular weight excluding hydrogens is 294 g/mol. The van der Waals surface area contributed by atoms with Crippen molar-refractivity contribution in [2.75, 3.05) is 18.2 Å². The summed E-state index contributed by atoms with van der Waals surface area (Å²) in [4.78, 5) is 12.6. The highest BCUT2D eigenvalue weighted by Crippen LogP contribution is 2.22. The Labute approximate surface area is 133 Å². The van der Waals surface area contributed by atoms with E-state index in [4.69, 9.17) is 10.5 Å². The molecule has 0 atom stereocenters. The van der Waals surface area contributed by atoms with Crippen molar-refractivity contribution in [3.63, 3.8) is 0 Å². The SMILES string of the molecule is COc1ccc(Nc2cc(C)nn2-c2cc(N)nc(C)n2)cn1. The molecule has 0 bridgehead atoms. The minimum Gasteiger partial charge on any atom is -0.481 e. The quantitative estimate of drug-likeness (QED) is 0.759. The molecule has 0 aliphatic rings. The van der Waals surface area contributed by atoms with Crippen molar-refractivity contribution >= 4 is 17.3 Å². The molecule has 0 unspecified atom stereocenters. The monoisotopic (exact) mass is 311 g/mol. The molecule has 0 radical (unpaired) electrons. The Kier molecular flexibility index (Phi) is 3.80. The molecule has 3 heterocycles. The molecule has 8 nitrogen and oxygen atoms in total. The van der Waals surface area contributed by atoms with Crippen LogP contribution >= 0.6 is 0 Å². The van der Waals surface area contributed by atoms with E-state index in [-0.39, 0.29) is 0 Å². The van der Waals surface area contributed by atoms with Crippen molar-refractivity contribution in [1.29, 1.82) is 0 Å². The average molecular weight is 311 g/mol. The van der Waals surface area contributed by atoms with Crippen LogP contribution in [0.4, 0.5) is 17.3 Å². The van der Waals surface area contributed by atoms with Crippen LogP contribution in [0.5, 0.6) is 5.88 Å². The summed E-state index contributed by atoms with van der Waals surface area (Å²) in [6.45, 7) is 3.70. The number of ether oxygens (including phenoxy) is 1. The fourth-order valence-electron chi connectivity index (χ4n) is 2.17. The van der Waals surface area contributed by atoms with E-state index in [9.17, 15) is 0 Å². The Bertz CT molecular complexity index is 806. The molecule has 0 aliphatic heterocycles. The van der Waals surface area contributed by atoms with Crippen LogP contribution in [0, 0.1) is 13.8 Å². The minimum absolute atomic E-state index is 0.401. The summed E-state index contributed by atoms with van der Waals surface area (Å²) in [5.41, 5.74) is 7.46. The second kappa shape index (κ2) is 5.91. The maximum absolute atomic E-state index is 5.80. The molecule has 0 saturated heterocycles. The van der Waals surface area contributed by atoms with E-state index in [1.807, 2.05) is 19.1 Å². The van der Waals surface area contributed by atoms with E-state index in [0.717, 1.165) is 17.2 Å². The first-order valence-corrected chi connectivity index (χ1v) is 7.00.